The molecule has 3 heterocycles. The summed E-state index contributed by atoms with van der Waals surface area (Å²) >= 11 is 0. The maximum Gasteiger partial charge on any atom is 0.273 e. The van der Waals surface area contributed by atoms with E-state index in [2.05, 4.69) is 15.2 Å². The first kappa shape index (κ1) is 20.3. The van der Waals surface area contributed by atoms with Crippen molar-refractivity contribution in [3.63, 3.8) is 0 Å². The van der Waals surface area contributed by atoms with Gasteiger partial charge in [0.15, 0.2) is 0 Å². The number of nitrogens with one attached hydrogen (secondary N) is 2. The van der Waals surface area contributed by atoms with Gasteiger partial charge >= 0.3 is 0 Å². The molecular weight excluding hydrogens is 387 g/mol. The SMILES string of the molecule is COC1CCN(C(=O)c2cc(Cc3n[nH]c(=O)c4c(C)[nH]c(C)c34)ccc2F)CC1. The molecule has 1 amide bonds. The van der Waals surface area contributed by atoms with Crippen LogP contribution in [0.25, 0.3) is 10.8 Å². The molecule has 30 heavy (non-hydrogen) atoms. The van der Waals surface area contributed by atoms with Crippen molar-refractivity contribution in [2.75, 3.05) is 20.2 Å². The van der Waals surface area contributed by atoms with E-state index >= 15 is 0 Å². The van der Waals surface area contributed by atoms with Crippen molar-refractivity contribution in [1.82, 2.24) is 20.1 Å². The summed E-state index contributed by atoms with van der Waals surface area (Å²) in [6.07, 6.45) is 2.01. The third kappa shape index (κ3) is 3.63. The first-order valence-electron chi connectivity index (χ1n) is 10.1. The van der Waals surface area contributed by atoms with Gasteiger partial charge in [-0.15, -0.1) is 0 Å². The minimum Gasteiger partial charge on any atom is -0.381 e. The van der Waals surface area contributed by atoms with Gasteiger partial charge in [-0.05, 0) is 44.4 Å². The van der Waals surface area contributed by atoms with Crippen LogP contribution < -0.4 is 5.56 Å². The molecular formula is C22H25FN4O3. The second kappa shape index (κ2) is 8.02. The normalized spacial score (nSPS) is 15.1. The van der Waals surface area contributed by atoms with Gasteiger partial charge in [-0.3, -0.25) is 9.59 Å². The van der Waals surface area contributed by atoms with Gasteiger partial charge in [0.2, 0.25) is 0 Å². The van der Waals surface area contributed by atoms with Gasteiger partial charge in [0.1, 0.15) is 5.82 Å². The van der Waals surface area contributed by atoms with Crippen LogP contribution in [-0.2, 0) is 11.2 Å². The molecule has 0 saturated carbocycles. The number of rotatable bonds is 4. The molecule has 8 heteroatoms. The van der Waals surface area contributed by atoms with Crippen LogP contribution in [0.1, 0.15) is 45.8 Å². The van der Waals surface area contributed by atoms with E-state index in [1.54, 1.807) is 24.1 Å². The predicted octanol–water partition coefficient (Wildman–Crippen LogP) is 2.85. The van der Waals surface area contributed by atoms with Crippen LogP contribution in [0, 0.1) is 19.7 Å². The van der Waals surface area contributed by atoms with Crippen molar-refractivity contribution >= 4 is 16.7 Å². The predicted molar refractivity (Wildman–Crippen MR) is 111 cm³/mol. The second-order valence-electron chi connectivity index (χ2n) is 7.84. The van der Waals surface area contributed by atoms with Crippen LogP contribution in [0.2, 0.25) is 0 Å². The van der Waals surface area contributed by atoms with E-state index in [1.165, 1.54) is 6.07 Å². The van der Waals surface area contributed by atoms with Crippen molar-refractivity contribution in [2.24, 2.45) is 0 Å². The van der Waals surface area contributed by atoms with Crippen LogP contribution in [0.15, 0.2) is 23.0 Å². The number of aromatic nitrogens is 3. The Hall–Kier alpha value is -3.00. The Morgan fingerprint density at radius 3 is 2.63 bits per heavy atom. The summed E-state index contributed by atoms with van der Waals surface area (Å²) in [6.45, 7) is 4.83. The van der Waals surface area contributed by atoms with Crippen molar-refractivity contribution in [3.8, 4) is 0 Å². The summed E-state index contributed by atoms with van der Waals surface area (Å²) in [5.74, 6) is -0.844. The Balaban J connectivity index is 1.63. The zero-order valence-corrected chi connectivity index (χ0v) is 17.3. The zero-order chi connectivity index (χ0) is 21.4. The third-order valence-electron chi connectivity index (χ3n) is 5.88. The molecule has 158 valence electrons. The molecule has 0 aliphatic carbocycles. The van der Waals surface area contributed by atoms with Gasteiger partial charge in [-0.2, -0.15) is 5.10 Å². The maximum absolute atomic E-state index is 14.5. The number of methoxy groups -OCH3 is 1. The van der Waals surface area contributed by atoms with Crippen molar-refractivity contribution in [3.05, 3.63) is 62.6 Å². The number of piperidine rings is 1. The number of benzene rings is 1. The van der Waals surface area contributed by atoms with Gasteiger partial charge in [-0.25, -0.2) is 9.49 Å². The summed E-state index contributed by atoms with van der Waals surface area (Å²) in [5.41, 5.74) is 2.89. The monoisotopic (exact) mass is 412 g/mol. The number of hydrogen-bond acceptors (Lipinski definition) is 4. The molecule has 3 aromatic rings. The number of fused-ring (bicyclic) bond motifs is 1. The van der Waals surface area contributed by atoms with Crippen LogP contribution in [0.3, 0.4) is 0 Å². The highest BCUT2D eigenvalue weighted by molar-refractivity contribution is 5.95. The average molecular weight is 412 g/mol. The van der Waals surface area contributed by atoms with E-state index in [0.29, 0.717) is 30.6 Å². The molecule has 0 bridgehead atoms. The molecule has 7 nitrogen and oxygen atoms in total. The van der Waals surface area contributed by atoms with Crippen LogP contribution in [0.4, 0.5) is 4.39 Å². The number of H-pyrrole nitrogens is 2. The fourth-order valence-corrected chi connectivity index (χ4v) is 4.29. The summed E-state index contributed by atoms with van der Waals surface area (Å²) in [4.78, 5) is 29.9. The Kier molecular flexibility index (Phi) is 5.42. The lowest BCUT2D eigenvalue weighted by Gasteiger charge is -2.31. The van der Waals surface area contributed by atoms with E-state index in [-0.39, 0.29) is 23.1 Å². The Labute approximate surface area is 173 Å². The van der Waals surface area contributed by atoms with Crippen molar-refractivity contribution < 1.29 is 13.9 Å². The molecule has 4 rings (SSSR count). The molecule has 0 spiro atoms. The lowest BCUT2D eigenvalue weighted by molar-refractivity contribution is 0.0348. The largest absolute Gasteiger partial charge is 0.381 e. The number of halogens is 1. The molecule has 0 radical (unpaired) electrons. The van der Waals surface area contributed by atoms with Crippen molar-refractivity contribution in [2.45, 2.75) is 39.2 Å². The van der Waals surface area contributed by atoms with Crippen molar-refractivity contribution in [1.29, 1.82) is 0 Å². The van der Waals surface area contributed by atoms with Gasteiger partial charge in [0.25, 0.3) is 11.5 Å². The van der Waals surface area contributed by atoms with E-state index in [4.69, 9.17) is 4.74 Å². The van der Waals surface area contributed by atoms with Gasteiger partial charge < -0.3 is 14.6 Å². The number of aryl methyl sites for hydroxylation is 2. The fraction of sp³-hybridized carbons (Fsp3) is 0.409. The standard InChI is InChI=1S/C22H25FN4O3/c1-12-19-18(25-26-21(28)20(19)13(2)24-12)11-14-4-5-17(23)16(10-14)22(29)27-8-6-15(30-3)7-9-27/h4-5,10,15,24H,6-9,11H2,1-3H3,(H,26,28). The number of nitrogens with zero attached hydrogens (tertiary/aromatic N) is 2. The van der Waals surface area contributed by atoms with Crippen LogP contribution in [-0.4, -0.2) is 52.3 Å². The first-order chi connectivity index (χ1) is 14.4. The molecule has 1 saturated heterocycles. The molecule has 1 fully saturated rings. The number of carbonyl (C=O) groups is 1. The molecule has 2 aromatic heterocycles. The second-order valence-corrected chi connectivity index (χ2v) is 7.84. The number of aromatic amines is 2. The van der Waals surface area contributed by atoms with E-state index in [1.807, 2.05) is 13.8 Å². The molecule has 2 N–H and O–H groups in total. The Morgan fingerprint density at radius 2 is 1.93 bits per heavy atom. The number of ether oxygens (including phenoxy) is 1. The van der Waals surface area contributed by atoms with E-state index in [0.717, 1.165) is 35.2 Å². The Bertz CT molecular complexity index is 1160. The molecule has 1 aliphatic heterocycles. The highest BCUT2D eigenvalue weighted by Crippen LogP contribution is 2.24. The molecule has 0 atom stereocenters. The third-order valence-corrected chi connectivity index (χ3v) is 5.88. The number of carbonyl (C=O) groups excluding carboxylic acids is 1. The molecule has 1 aliphatic rings. The Morgan fingerprint density at radius 1 is 1.23 bits per heavy atom. The maximum atomic E-state index is 14.5. The lowest BCUT2D eigenvalue weighted by atomic mass is 10.0. The topological polar surface area (TPSA) is 91.1 Å². The minimum atomic E-state index is -0.536. The molecule has 0 unspecified atom stereocenters. The average Bonchev–Trinajstić information content (AvgIpc) is 3.06. The highest BCUT2D eigenvalue weighted by atomic mass is 19.1. The number of likely N-dealkylation sites (tertiary alicyclic amines) is 1. The first-order valence-corrected chi connectivity index (χ1v) is 10.1. The minimum absolute atomic E-state index is 0.0611. The quantitative estimate of drug-likeness (QED) is 0.689. The van der Waals surface area contributed by atoms with Gasteiger partial charge in [0, 0.05) is 43.4 Å². The number of amides is 1. The smallest absolute Gasteiger partial charge is 0.273 e. The highest BCUT2D eigenvalue weighted by Gasteiger charge is 2.25. The number of hydrogen-bond donors (Lipinski definition) is 2. The summed E-state index contributed by atoms with van der Waals surface area (Å²) in [7, 11) is 1.67. The van der Waals surface area contributed by atoms with Crippen LogP contribution >= 0.6 is 0 Å². The molecule has 1 aromatic carbocycles. The summed E-state index contributed by atoms with van der Waals surface area (Å²) in [6, 6.07) is 4.56. The van der Waals surface area contributed by atoms with Crippen LogP contribution in [0.5, 0.6) is 0 Å². The van der Waals surface area contributed by atoms with E-state index < -0.39 is 5.82 Å². The van der Waals surface area contributed by atoms with Gasteiger partial charge in [-0.1, -0.05) is 6.07 Å². The van der Waals surface area contributed by atoms with Gasteiger partial charge in [0.05, 0.1) is 22.7 Å². The summed E-state index contributed by atoms with van der Waals surface area (Å²) in [5, 5.41) is 8.11. The van der Waals surface area contributed by atoms with E-state index in [9.17, 15) is 14.0 Å². The fourth-order valence-electron chi connectivity index (χ4n) is 4.29. The lowest BCUT2D eigenvalue weighted by Crippen LogP contribution is -2.41. The zero-order valence-electron chi connectivity index (χ0n) is 17.3. The summed E-state index contributed by atoms with van der Waals surface area (Å²) < 4.78 is 19.8.